The number of rotatable bonds is 5. The van der Waals surface area contributed by atoms with Crippen molar-refractivity contribution in [1.29, 1.82) is 0 Å². The van der Waals surface area contributed by atoms with Gasteiger partial charge >= 0.3 is 0 Å². The van der Waals surface area contributed by atoms with Crippen molar-refractivity contribution in [3.05, 3.63) is 30.0 Å². The minimum absolute atomic E-state index is 0.0966. The van der Waals surface area contributed by atoms with E-state index in [0.717, 1.165) is 43.0 Å². The molecule has 1 aromatic heterocycles. The maximum Gasteiger partial charge on any atom is 0.273 e. The van der Waals surface area contributed by atoms with E-state index < -0.39 is 5.54 Å². The van der Waals surface area contributed by atoms with Crippen molar-refractivity contribution in [1.82, 2.24) is 14.8 Å². The number of hydrogen-bond acceptors (Lipinski definition) is 3. The summed E-state index contributed by atoms with van der Waals surface area (Å²) < 4.78 is 1.91. The van der Waals surface area contributed by atoms with Gasteiger partial charge in [-0.15, -0.1) is 0 Å². The number of anilines is 1. The average molecular weight is 411 g/mol. The summed E-state index contributed by atoms with van der Waals surface area (Å²) in [6, 6.07) is 7.82. The highest BCUT2D eigenvalue weighted by Gasteiger charge is 2.49. The molecule has 7 nitrogen and oxygen atoms in total. The van der Waals surface area contributed by atoms with E-state index in [2.05, 4.69) is 10.6 Å². The molecule has 1 aliphatic heterocycles. The lowest BCUT2D eigenvalue weighted by atomic mass is 9.93. The molecule has 2 aliphatic rings. The molecule has 0 saturated heterocycles. The van der Waals surface area contributed by atoms with Crippen LogP contribution in [-0.4, -0.2) is 45.3 Å². The number of nitrogens with one attached hydrogen (secondary N) is 2. The zero-order valence-corrected chi connectivity index (χ0v) is 18.0. The third-order valence-corrected chi connectivity index (χ3v) is 6.41. The van der Waals surface area contributed by atoms with Crippen LogP contribution in [0.3, 0.4) is 0 Å². The maximum atomic E-state index is 13.7. The molecular formula is C23H30N4O3. The minimum Gasteiger partial charge on any atom is -0.351 e. The first-order valence-electron chi connectivity index (χ1n) is 10.9. The lowest BCUT2D eigenvalue weighted by Crippen LogP contribution is -2.64. The van der Waals surface area contributed by atoms with Gasteiger partial charge in [-0.1, -0.05) is 38.0 Å². The van der Waals surface area contributed by atoms with Gasteiger partial charge in [0.25, 0.3) is 5.91 Å². The number of carbonyl (C=O) groups is 3. The Hall–Kier alpha value is -2.83. The highest BCUT2D eigenvalue weighted by Crippen LogP contribution is 2.39. The van der Waals surface area contributed by atoms with Crippen LogP contribution in [0, 0.1) is 0 Å². The summed E-state index contributed by atoms with van der Waals surface area (Å²) in [5, 5.41) is 6.87. The predicted molar refractivity (Wildman–Crippen MR) is 116 cm³/mol. The second-order valence-electron chi connectivity index (χ2n) is 8.69. The molecule has 1 aromatic carbocycles. The molecule has 0 spiro atoms. The second-order valence-corrected chi connectivity index (χ2v) is 8.69. The number of hydrogen-bond donors (Lipinski definition) is 2. The first-order valence-corrected chi connectivity index (χ1v) is 10.9. The van der Waals surface area contributed by atoms with Crippen molar-refractivity contribution in [2.75, 3.05) is 11.9 Å². The van der Waals surface area contributed by atoms with E-state index in [0.29, 0.717) is 24.5 Å². The fourth-order valence-corrected chi connectivity index (χ4v) is 4.92. The van der Waals surface area contributed by atoms with Crippen LogP contribution in [0.1, 0.15) is 63.4 Å². The number of aromatic nitrogens is 1. The zero-order chi connectivity index (χ0) is 21.5. The smallest absolute Gasteiger partial charge is 0.273 e. The van der Waals surface area contributed by atoms with Gasteiger partial charge in [-0.05, 0) is 32.3 Å². The van der Waals surface area contributed by atoms with E-state index in [1.54, 1.807) is 4.90 Å². The molecule has 2 N–H and O–H groups in total. The van der Waals surface area contributed by atoms with Crippen molar-refractivity contribution in [2.24, 2.45) is 0 Å². The molecule has 1 saturated carbocycles. The third kappa shape index (κ3) is 3.26. The monoisotopic (exact) mass is 410 g/mol. The van der Waals surface area contributed by atoms with Crippen molar-refractivity contribution in [2.45, 2.75) is 71.0 Å². The summed E-state index contributed by atoms with van der Waals surface area (Å²) in [4.78, 5) is 40.7. The summed E-state index contributed by atoms with van der Waals surface area (Å²) in [6.45, 7) is 6.14. The number of para-hydroxylation sites is 1. The first kappa shape index (κ1) is 20.4. The van der Waals surface area contributed by atoms with E-state index in [1.807, 2.05) is 42.7 Å². The van der Waals surface area contributed by atoms with Crippen LogP contribution in [0.2, 0.25) is 0 Å². The average Bonchev–Trinajstić information content (AvgIpc) is 3.32. The molecule has 0 bridgehead atoms. The molecule has 4 rings (SSSR count). The van der Waals surface area contributed by atoms with Crippen LogP contribution in [0.15, 0.2) is 24.3 Å². The minimum atomic E-state index is -0.988. The summed E-state index contributed by atoms with van der Waals surface area (Å²) in [7, 11) is 0. The van der Waals surface area contributed by atoms with E-state index in [-0.39, 0.29) is 23.8 Å². The lowest BCUT2D eigenvalue weighted by molar-refractivity contribution is -0.133. The van der Waals surface area contributed by atoms with E-state index in [4.69, 9.17) is 0 Å². The Bertz CT molecular complexity index is 1010. The Morgan fingerprint density at radius 1 is 1.20 bits per heavy atom. The van der Waals surface area contributed by atoms with E-state index >= 15 is 0 Å². The SMILES string of the molecule is CCCN1C(=O)c2c(NC(C)=O)c3ccccc3n2C[C@@]1(C)C(=O)NC1CCCC1. The molecule has 7 heteroatoms. The molecule has 2 aromatic rings. The van der Waals surface area contributed by atoms with Crippen LogP contribution in [-0.2, 0) is 16.1 Å². The van der Waals surface area contributed by atoms with E-state index in [9.17, 15) is 14.4 Å². The molecule has 2 heterocycles. The quantitative estimate of drug-likeness (QED) is 0.793. The molecule has 1 fully saturated rings. The van der Waals surface area contributed by atoms with Crippen molar-refractivity contribution in [3.63, 3.8) is 0 Å². The highest BCUT2D eigenvalue weighted by atomic mass is 16.2. The molecule has 30 heavy (non-hydrogen) atoms. The van der Waals surface area contributed by atoms with Crippen molar-refractivity contribution < 1.29 is 14.4 Å². The van der Waals surface area contributed by atoms with Gasteiger partial charge in [-0.2, -0.15) is 0 Å². The maximum absolute atomic E-state index is 13.7. The number of benzene rings is 1. The Morgan fingerprint density at radius 3 is 2.57 bits per heavy atom. The summed E-state index contributed by atoms with van der Waals surface area (Å²) in [5.41, 5.74) is 0.840. The predicted octanol–water partition coefficient (Wildman–Crippen LogP) is 3.28. The highest BCUT2D eigenvalue weighted by molar-refractivity contribution is 6.14. The molecule has 3 amide bonds. The number of carbonyl (C=O) groups excluding carboxylic acids is 3. The fourth-order valence-electron chi connectivity index (χ4n) is 4.92. The normalized spacial score (nSPS) is 21.7. The van der Waals surface area contributed by atoms with Gasteiger partial charge in [0.15, 0.2) is 0 Å². The number of amides is 3. The van der Waals surface area contributed by atoms with Gasteiger partial charge in [0.1, 0.15) is 11.2 Å². The van der Waals surface area contributed by atoms with Crippen LogP contribution >= 0.6 is 0 Å². The first-order chi connectivity index (χ1) is 14.4. The van der Waals surface area contributed by atoms with Crippen molar-refractivity contribution >= 4 is 34.3 Å². The number of nitrogens with zero attached hydrogens (tertiary/aromatic N) is 2. The lowest BCUT2D eigenvalue weighted by Gasteiger charge is -2.44. The fraction of sp³-hybridized carbons (Fsp3) is 0.522. The standard InChI is InChI=1S/C23H30N4O3/c1-4-13-27-21(29)20-19(24-15(2)28)17-11-7-8-12-18(17)26(20)14-23(27,3)22(30)25-16-9-5-6-10-16/h7-8,11-12,16H,4-6,9-10,13-14H2,1-3H3,(H,24,28)(H,25,30)/t23-/m0/s1. The Morgan fingerprint density at radius 2 is 1.90 bits per heavy atom. The van der Waals surface area contributed by atoms with Gasteiger partial charge in [-0.25, -0.2) is 0 Å². The van der Waals surface area contributed by atoms with Crippen LogP contribution < -0.4 is 10.6 Å². The molecule has 1 atom stereocenters. The Balaban J connectivity index is 1.83. The number of fused-ring (bicyclic) bond motifs is 3. The molecule has 0 radical (unpaired) electrons. The van der Waals surface area contributed by atoms with Gasteiger partial charge in [0, 0.05) is 24.9 Å². The summed E-state index contributed by atoms with van der Waals surface area (Å²) >= 11 is 0. The van der Waals surface area contributed by atoms with Gasteiger partial charge in [-0.3, -0.25) is 14.4 Å². The van der Waals surface area contributed by atoms with Crippen LogP contribution in [0.25, 0.3) is 10.9 Å². The Kier molecular flexibility index (Phi) is 5.30. The summed E-state index contributed by atoms with van der Waals surface area (Å²) in [5.74, 6) is -0.538. The van der Waals surface area contributed by atoms with Crippen LogP contribution in [0.4, 0.5) is 5.69 Å². The molecule has 160 valence electrons. The zero-order valence-electron chi connectivity index (χ0n) is 18.0. The third-order valence-electron chi connectivity index (χ3n) is 6.41. The van der Waals surface area contributed by atoms with E-state index in [1.165, 1.54) is 6.92 Å². The topological polar surface area (TPSA) is 83.4 Å². The van der Waals surface area contributed by atoms with Gasteiger partial charge < -0.3 is 20.1 Å². The molecule has 1 aliphatic carbocycles. The van der Waals surface area contributed by atoms with Crippen molar-refractivity contribution in [3.8, 4) is 0 Å². The molecular weight excluding hydrogens is 380 g/mol. The summed E-state index contributed by atoms with van der Waals surface area (Å²) in [6.07, 6.45) is 4.99. The molecule has 0 unspecified atom stereocenters. The van der Waals surface area contributed by atoms with Crippen LogP contribution in [0.5, 0.6) is 0 Å². The largest absolute Gasteiger partial charge is 0.351 e. The van der Waals surface area contributed by atoms with Gasteiger partial charge in [0.2, 0.25) is 11.8 Å². The second kappa shape index (κ2) is 7.78. The Labute approximate surface area is 176 Å². The van der Waals surface area contributed by atoms with Gasteiger partial charge in [0.05, 0.1) is 17.7 Å².